The van der Waals surface area contributed by atoms with Gasteiger partial charge in [-0.25, -0.2) is 4.79 Å². The van der Waals surface area contributed by atoms with Crippen LogP contribution in [-0.4, -0.2) is 86.2 Å². The van der Waals surface area contributed by atoms with Gasteiger partial charge in [-0.05, 0) is 101 Å². The first-order chi connectivity index (χ1) is 25.2. The third-order valence-corrected chi connectivity index (χ3v) is 9.60. The quantitative estimate of drug-likeness (QED) is 0.0526. The molecule has 13 nitrogen and oxygen atoms in total. The fraction of sp³-hybridized carbons (Fsp3) is 0.725. The van der Waals surface area contributed by atoms with Crippen LogP contribution in [0.1, 0.15) is 126 Å². The van der Waals surface area contributed by atoms with Gasteiger partial charge in [0.2, 0.25) is 31.4 Å². The minimum absolute atomic E-state index is 0.0699. The molecule has 5 amide bonds. The van der Waals surface area contributed by atoms with E-state index in [1.54, 1.807) is 0 Å². The van der Waals surface area contributed by atoms with Crippen molar-refractivity contribution in [3.63, 3.8) is 0 Å². The van der Waals surface area contributed by atoms with Crippen molar-refractivity contribution in [1.82, 2.24) is 26.2 Å². The summed E-state index contributed by atoms with van der Waals surface area (Å²) in [7, 11) is 0. The Morgan fingerprint density at radius 1 is 0.925 bits per heavy atom. The van der Waals surface area contributed by atoms with Gasteiger partial charge in [-0.3, -0.25) is 19.2 Å². The van der Waals surface area contributed by atoms with E-state index in [2.05, 4.69) is 73.4 Å². The van der Waals surface area contributed by atoms with Gasteiger partial charge in [0, 0.05) is 24.5 Å². The van der Waals surface area contributed by atoms with Gasteiger partial charge in [0.1, 0.15) is 11.8 Å². The van der Waals surface area contributed by atoms with Crippen molar-refractivity contribution in [2.24, 2.45) is 17.1 Å². The van der Waals surface area contributed by atoms with E-state index >= 15 is 0 Å². The fourth-order valence-electron chi connectivity index (χ4n) is 5.88. The molecular weight excluding hydrogens is 676 g/mol. The lowest BCUT2D eigenvalue weighted by molar-refractivity contribution is -0.127. The fourth-order valence-corrected chi connectivity index (χ4v) is 5.88. The van der Waals surface area contributed by atoms with Crippen LogP contribution in [0.25, 0.3) is 0 Å². The number of amides is 5. The number of primary amides is 1. The van der Waals surface area contributed by atoms with Gasteiger partial charge >= 0.3 is 6.09 Å². The second-order valence-electron chi connectivity index (χ2n) is 14.8. The predicted octanol–water partition coefficient (Wildman–Crippen LogP) is 5.44. The zero-order chi connectivity index (χ0) is 40.3. The van der Waals surface area contributed by atoms with Crippen molar-refractivity contribution < 1.29 is 33.4 Å². The summed E-state index contributed by atoms with van der Waals surface area (Å²) in [5.41, 5.74) is 5.31. The number of rotatable bonds is 24. The molecule has 0 bridgehead atoms. The molecule has 0 saturated heterocycles. The van der Waals surface area contributed by atoms with Crippen LogP contribution in [0.5, 0.6) is 5.75 Å². The molecule has 1 aromatic carbocycles. The smallest absolute Gasteiger partial charge is 0.410 e. The summed E-state index contributed by atoms with van der Waals surface area (Å²) in [6.07, 6.45) is 9.91. The largest absolute Gasteiger partial charge is 0.457 e. The minimum Gasteiger partial charge on any atom is -0.457 e. The van der Waals surface area contributed by atoms with Crippen LogP contribution < -0.4 is 31.7 Å². The van der Waals surface area contributed by atoms with E-state index in [9.17, 15) is 19.2 Å². The molecule has 1 aliphatic carbocycles. The lowest BCUT2D eigenvalue weighted by atomic mass is 9.97. The topological polar surface area (TPSA) is 181 Å². The van der Waals surface area contributed by atoms with Crippen molar-refractivity contribution in [1.29, 1.82) is 0 Å². The van der Waals surface area contributed by atoms with Crippen molar-refractivity contribution in [2.75, 3.05) is 33.0 Å². The minimum atomic E-state index is -0.465. The number of hydrogen-bond donors (Lipinski definition) is 5. The molecule has 53 heavy (non-hydrogen) atoms. The number of hydrogen-bond acceptors (Lipinski definition) is 8. The second kappa shape index (κ2) is 27.7. The van der Waals surface area contributed by atoms with Crippen LogP contribution in [0.4, 0.5) is 4.79 Å². The molecule has 6 N–H and O–H groups in total. The Kier molecular flexibility index (Phi) is 25.7. The van der Waals surface area contributed by atoms with Crippen molar-refractivity contribution >= 4 is 30.7 Å². The first-order valence-electron chi connectivity index (χ1n) is 19.5. The predicted molar refractivity (Wildman–Crippen MR) is 211 cm³/mol. The maximum absolute atomic E-state index is 12.1. The molecule has 1 saturated carbocycles. The van der Waals surface area contributed by atoms with Crippen LogP contribution in [-0.2, 0) is 30.3 Å². The Morgan fingerprint density at radius 2 is 1.53 bits per heavy atom. The molecule has 4 unspecified atom stereocenters. The highest BCUT2D eigenvalue weighted by Gasteiger charge is 2.58. The zero-order valence-corrected chi connectivity index (χ0v) is 34.2. The molecule has 0 aromatic heterocycles. The summed E-state index contributed by atoms with van der Waals surface area (Å²) >= 11 is 0. The van der Waals surface area contributed by atoms with E-state index in [4.69, 9.17) is 14.3 Å². The highest BCUT2D eigenvalue weighted by atomic mass is 16.7. The monoisotopic (exact) mass is 749 g/mol. The number of nitrogens with two attached hydrogens (primary N) is 1. The highest BCUT2D eigenvalue weighted by Crippen LogP contribution is 2.55. The van der Waals surface area contributed by atoms with E-state index < -0.39 is 12.1 Å². The van der Waals surface area contributed by atoms with Crippen molar-refractivity contribution in [3.8, 4) is 5.75 Å². The second-order valence-corrected chi connectivity index (χ2v) is 14.8. The number of benzene rings is 1. The molecule has 304 valence electrons. The summed E-state index contributed by atoms with van der Waals surface area (Å²) in [6, 6.07) is 7.28. The average Bonchev–Trinajstić information content (AvgIpc) is 3.61. The molecule has 2 rings (SSSR count). The summed E-state index contributed by atoms with van der Waals surface area (Å²) in [5, 5.41) is 11.5. The van der Waals surface area contributed by atoms with Crippen LogP contribution in [0, 0.1) is 11.3 Å². The first-order valence-corrected chi connectivity index (χ1v) is 19.5. The third kappa shape index (κ3) is 21.4. The Morgan fingerprint density at radius 3 is 2.04 bits per heavy atom. The van der Waals surface area contributed by atoms with E-state index in [-0.39, 0.29) is 47.9 Å². The Hall–Kier alpha value is -3.87. The van der Waals surface area contributed by atoms with E-state index in [0.29, 0.717) is 25.1 Å². The number of unbranched alkanes of at least 4 members (excludes halogenated alkanes) is 2. The molecule has 1 aliphatic rings. The Bertz CT molecular complexity index is 1180. The standard InChI is InChI=1S/C26H45N3O4.C13H24N2O2.CH3NO/c1-5-8-9-11-25(30)28-22(4)20-23-12-14-24(15-13-23)32-21-33-26(31)27-16-10-19-29(17-6-2)18-7-3;1-6-9(2)10(14-8-16)11(17)15-13(5)7-12(13,3)4;2-1-3/h12-15,22H,5-11,16-21H2,1-4H3,(H,27,31)(H,28,30);8-10H,6-7H2,1-5H3,(H,14,16)(H,15,17);1H,(H2,2,3). The van der Waals surface area contributed by atoms with Crippen molar-refractivity contribution in [2.45, 2.75) is 144 Å². The molecule has 0 spiro atoms. The van der Waals surface area contributed by atoms with Gasteiger partial charge in [0.05, 0.1) is 0 Å². The van der Waals surface area contributed by atoms with E-state index in [1.165, 1.54) is 0 Å². The van der Waals surface area contributed by atoms with Crippen LogP contribution in [0.2, 0.25) is 0 Å². The Balaban J connectivity index is 0.00000112. The molecule has 0 heterocycles. The maximum Gasteiger partial charge on any atom is 0.410 e. The van der Waals surface area contributed by atoms with Gasteiger partial charge in [-0.2, -0.15) is 0 Å². The zero-order valence-electron chi connectivity index (χ0n) is 34.2. The summed E-state index contributed by atoms with van der Waals surface area (Å²) in [4.78, 5) is 57.5. The van der Waals surface area contributed by atoms with Gasteiger partial charge < -0.3 is 41.4 Å². The highest BCUT2D eigenvalue weighted by molar-refractivity contribution is 5.85. The lowest BCUT2D eigenvalue weighted by Gasteiger charge is -2.25. The van der Waals surface area contributed by atoms with Crippen LogP contribution >= 0.6 is 0 Å². The number of alkyl carbamates (subject to hydrolysis) is 1. The van der Waals surface area contributed by atoms with E-state index in [0.717, 1.165) is 83.0 Å². The molecule has 4 atom stereocenters. The van der Waals surface area contributed by atoms with Gasteiger partial charge in [-0.1, -0.05) is 79.9 Å². The Labute approximate surface area is 319 Å². The van der Waals surface area contributed by atoms with Gasteiger partial charge in [-0.15, -0.1) is 0 Å². The summed E-state index contributed by atoms with van der Waals surface area (Å²) in [5.74, 6) is 0.827. The molecule has 1 fully saturated rings. The van der Waals surface area contributed by atoms with Gasteiger partial charge in [0.25, 0.3) is 0 Å². The van der Waals surface area contributed by atoms with Gasteiger partial charge in [0.15, 0.2) is 0 Å². The summed E-state index contributed by atoms with van der Waals surface area (Å²) in [6.45, 7) is 22.5. The first kappa shape index (κ1) is 49.1. The molecule has 13 heteroatoms. The number of carbonyl (C=O) groups is 5. The molecule has 1 aromatic rings. The number of nitrogens with zero attached hydrogens (tertiary/aromatic N) is 1. The number of nitrogens with one attached hydrogen (secondary N) is 4. The molecule has 0 aliphatic heterocycles. The van der Waals surface area contributed by atoms with Crippen LogP contribution in [0.3, 0.4) is 0 Å². The van der Waals surface area contributed by atoms with Crippen LogP contribution in [0.15, 0.2) is 24.3 Å². The summed E-state index contributed by atoms with van der Waals surface area (Å²) < 4.78 is 10.6. The molecule has 0 radical (unpaired) electrons. The SMILES string of the molecule is CCC(C)C(NC=O)C(=O)NC1(C)CC1(C)C.CCCCCC(=O)NC(C)Cc1ccc(OCOC(=O)NCCCN(CCC)CCC)cc1.NC=O. The van der Waals surface area contributed by atoms with Crippen molar-refractivity contribution in [3.05, 3.63) is 29.8 Å². The normalized spacial score (nSPS) is 16.9. The maximum atomic E-state index is 12.1. The lowest BCUT2D eigenvalue weighted by Crippen LogP contribution is -2.51. The average molecular weight is 749 g/mol. The number of carbonyl (C=O) groups excluding carboxylic acids is 5. The van der Waals surface area contributed by atoms with E-state index in [1.807, 2.05) is 45.0 Å². The number of ether oxygens (including phenoxy) is 2. The molecular formula is C40H72N6O7. The third-order valence-electron chi connectivity index (χ3n) is 9.60.